The van der Waals surface area contributed by atoms with E-state index in [1.54, 1.807) is 0 Å². The van der Waals surface area contributed by atoms with Gasteiger partial charge >= 0.3 is 0 Å². The van der Waals surface area contributed by atoms with E-state index in [4.69, 9.17) is 5.73 Å². The van der Waals surface area contributed by atoms with Crippen LogP contribution in [-0.2, 0) is 4.79 Å². The molecule has 15 heavy (non-hydrogen) atoms. The van der Waals surface area contributed by atoms with E-state index in [1.165, 1.54) is 0 Å². The van der Waals surface area contributed by atoms with Crippen LogP contribution in [-0.4, -0.2) is 29.2 Å². The molecule has 4 nitrogen and oxygen atoms in total. The quantitative estimate of drug-likeness (QED) is 0.625. The summed E-state index contributed by atoms with van der Waals surface area (Å²) in [5.74, 6) is -0.118. The van der Waals surface area contributed by atoms with Gasteiger partial charge in [-0.1, -0.05) is 26.2 Å². The normalized spacial score (nSPS) is 21.3. The highest BCUT2D eigenvalue weighted by Crippen LogP contribution is 2.29. The predicted octanol–water partition coefficient (Wildman–Crippen LogP) is 0.535. The molecule has 0 radical (unpaired) electrons. The molecule has 1 aliphatic rings. The molecule has 0 spiro atoms. The topological polar surface area (TPSA) is 75.4 Å². The molecule has 0 saturated heterocycles. The largest absolute Gasteiger partial charge is 0.394 e. The van der Waals surface area contributed by atoms with Crippen LogP contribution in [0.1, 0.15) is 45.4 Å². The Kier molecular flexibility index (Phi) is 4.54. The van der Waals surface area contributed by atoms with Gasteiger partial charge < -0.3 is 16.2 Å². The van der Waals surface area contributed by atoms with Crippen LogP contribution < -0.4 is 11.1 Å². The van der Waals surface area contributed by atoms with Gasteiger partial charge in [0, 0.05) is 0 Å². The molecule has 1 atom stereocenters. The lowest BCUT2D eigenvalue weighted by atomic mass is 9.98. The van der Waals surface area contributed by atoms with Crippen molar-refractivity contribution in [2.75, 3.05) is 6.61 Å². The molecule has 0 aliphatic heterocycles. The van der Waals surface area contributed by atoms with Crippen molar-refractivity contribution in [3.05, 3.63) is 0 Å². The first-order chi connectivity index (χ1) is 7.13. The number of aliphatic hydroxyl groups excluding tert-OH is 1. The molecule has 0 bridgehead atoms. The van der Waals surface area contributed by atoms with E-state index in [2.05, 4.69) is 5.32 Å². The number of carbonyl (C=O) groups excluding carboxylic acids is 1. The van der Waals surface area contributed by atoms with Crippen molar-refractivity contribution < 1.29 is 9.90 Å². The average Bonchev–Trinajstić information content (AvgIpc) is 2.67. The van der Waals surface area contributed by atoms with Gasteiger partial charge in [-0.2, -0.15) is 0 Å². The Bertz CT molecular complexity index is 213. The summed E-state index contributed by atoms with van der Waals surface area (Å²) in [4.78, 5) is 11.7. The van der Waals surface area contributed by atoms with Gasteiger partial charge in [-0.25, -0.2) is 0 Å². The van der Waals surface area contributed by atoms with Gasteiger partial charge in [0.15, 0.2) is 0 Å². The van der Waals surface area contributed by atoms with Gasteiger partial charge in [-0.05, 0) is 19.3 Å². The number of nitrogens with one attached hydrogen (secondary N) is 1. The highest BCUT2D eigenvalue weighted by Gasteiger charge is 2.35. The average molecular weight is 214 g/mol. The molecule has 4 N–H and O–H groups in total. The standard InChI is InChI=1S/C11H22N2O2/c1-2-5-9(12)10(15)13-11(8-14)6-3-4-7-11/h9,14H,2-8,12H2,1H3,(H,13,15)/t9-/m1/s1. The zero-order valence-corrected chi connectivity index (χ0v) is 9.46. The van der Waals surface area contributed by atoms with Crippen molar-refractivity contribution in [2.24, 2.45) is 5.73 Å². The van der Waals surface area contributed by atoms with E-state index in [9.17, 15) is 9.90 Å². The molecule has 1 aliphatic carbocycles. The van der Waals surface area contributed by atoms with Crippen LogP contribution in [0.3, 0.4) is 0 Å². The summed E-state index contributed by atoms with van der Waals surface area (Å²) in [7, 11) is 0. The first kappa shape index (κ1) is 12.5. The maximum Gasteiger partial charge on any atom is 0.237 e. The van der Waals surface area contributed by atoms with Crippen LogP contribution in [0.25, 0.3) is 0 Å². The minimum absolute atomic E-state index is 0.0254. The Balaban J connectivity index is 2.48. The fourth-order valence-electron chi connectivity index (χ4n) is 2.17. The smallest absolute Gasteiger partial charge is 0.237 e. The summed E-state index contributed by atoms with van der Waals surface area (Å²) in [6.07, 6.45) is 5.49. The summed E-state index contributed by atoms with van der Waals surface area (Å²) < 4.78 is 0. The molecule has 1 saturated carbocycles. The molecule has 1 fully saturated rings. The fraction of sp³-hybridized carbons (Fsp3) is 0.909. The van der Waals surface area contributed by atoms with Crippen LogP contribution in [0.2, 0.25) is 0 Å². The Hall–Kier alpha value is -0.610. The molecule has 1 rings (SSSR count). The number of aliphatic hydroxyl groups is 1. The molecule has 0 unspecified atom stereocenters. The number of hydrogen-bond donors (Lipinski definition) is 3. The van der Waals surface area contributed by atoms with Crippen molar-refractivity contribution in [3.8, 4) is 0 Å². The number of hydrogen-bond acceptors (Lipinski definition) is 3. The summed E-state index contributed by atoms with van der Waals surface area (Å²) in [5.41, 5.74) is 5.34. The zero-order chi connectivity index (χ0) is 11.3. The van der Waals surface area contributed by atoms with E-state index in [1.807, 2.05) is 6.92 Å². The second-order valence-corrected chi connectivity index (χ2v) is 4.53. The first-order valence-electron chi connectivity index (χ1n) is 5.82. The van der Waals surface area contributed by atoms with E-state index in [-0.39, 0.29) is 18.1 Å². The maximum absolute atomic E-state index is 11.7. The number of rotatable bonds is 5. The van der Waals surface area contributed by atoms with Crippen LogP contribution >= 0.6 is 0 Å². The Labute approximate surface area is 91.2 Å². The fourth-order valence-corrected chi connectivity index (χ4v) is 2.17. The second-order valence-electron chi connectivity index (χ2n) is 4.53. The summed E-state index contributed by atoms with van der Waals surface area (Å²) in [6.45, 7) is 2.03. The number of amides is 1. The second kappa shape index (κ2) is 5.47. The Morgan fingerprint density at radius 3 is 2.60 bits per heavy atom. The highest BCUT2D eigenvalue weighted by molar-refractivity contribution is 5.82. The lowest BCUT2D eigenvalue weighted by Crippen LogP contribution is -2.54. The minimum atomic E-state index is -0.431. The van der Waals surface area contributed by atoms with Gasteiger partial charge in [0.1, 0.15) is 0 Å². The lowest BCUT2D eigenvalue weighted by molar-refractivity contribution is -0.125. The van der Waals surface area contributed by atoms with E-state index >= 15 is 0 Å². The van der Waals surface area contributed by atoms with Crippen LogP contribution in [0.5, 0.6) is 0 Å². The molecule has 1 amide bonds. The van der Waals surface area contributed by atoms with Crippen molar-refractivity contribution in [2.45, 2.75) is 57.0 Å². The monoisotopic (exact) mass is 214 g/mol. The van der Waals surface area contributed by atoms with Gasteiger partial charge in [-0.3, -0.25) is 4.79 Å². The molecule has 0 aromatic carbocycles. The minimum Gasteiger partial charge on any atom is -0.394 e. The molecule has 88 valence electrons. The van der Waals surface area contributed by atoms with Crippen LogP contribution in [0.4, 0.5) is 0 Å². The first-order valence-corrected chi connectivity index (χ1v) is 5.82. The third-order valence-electron chi connectivity index (χ3n) is 3.19. The van der Waals surface area contributed by atoms with Crippen LogP contribution in [0, 0.1) is 0 Å². The molecule has 0 heterocycles. The summed E-state index contributed by atoms with van der Waals surface area (Å²) in [6, 6.07) is -0.431. The van der Waals surface area contributed by atoms with E-state index in [0.717, 1.165) is 32.1 Å². The third-order valence-corrected chi connectivity index (χ3v) is 3.19. The van der Waals surface area contributed by atoms with Gasteiger partial charge in [-0.15, -0.1) is 0 Å². The molecule has 0 aromatic heterocycles. The molecular weight excluding hydrogens is 192 g/mol. The number of carbonyl (C=O) groups is 1. The van der Waals surface area contributed by atoms with Gasteiger partial charge in [0.25, 0.3) is 0 Å². The third kappa shape index (κ3) is 3.18. The Morgan fingerprint density at radius 1 is 1.53 bits per heavy atom. The maximum atomic E-state index is 11.7. The van der Waals surface area contributed by atoms with Crippen molar-refractivity contribution >= 4 is 5.91 Å². The van der Waals surface area contributed by atoms with Crippen LogP contribution in [0.15, 0.2) is 0 Å². The summed E-state index contributed by atoms with van der Waals surface area (Å²) in [5, 5.41) is 12.2. The summed E-state index contributed by atoms with van der Waals surface area (Å²) >= 11 is 0. The lowest BCUT2D eigenvalue weighted by Gasteiger charge is -2.29. The Morgan fingerprint density at radius 2 is 2.13 bits per heavy atom. The van der Waals surface area contributed by atoms with Gasteiger partial charge in [0.2, 0.25) is 5.91 Å². The SMILES string of the molecule is CCC[C@@H](N)C(=O)NC1(CO)CCCC1. The molecular formula is C11H22N2O2. The molecule has 0 aromatic rings. The molecule has 4 heteroatoms. The van der Waals surface area contributed by atoms with E-state index in [0.29, 0.717) is 6.42 Å². The zero-order valence-electron chi connectivity index (χ0n) is 9.46. The number of nitrogens with two attached hydrogens (primary N) is 1. The van der Waals surface area contributed by atoms with Gasteiger partial charge in [0.05, 0.1) is 18.2 Å². The highest BCUT2D eigenvalue weighted by atomic mass is 16.3. The van der Waals surface area contributed by atoms with Crippen molar-refractivity contribution in [3.63, 3.8) is 0 Å². The van der Waals surface area contributed by atoms with Crippen molar-refractivity contribution in [1.29, 1.82) is 0 Å². The predicted molar refractivity (Wildman–Crippen MR) is 59.3 cm³/mol. The van der Waals surface area contributed by atoms with Crippen molar-refractivity contribution in [1.82, 2.24) is 5.32 Å². The van der Waals surface area contributed by atoms with E-state index < -0.39 is 6.04 Å².